The van der Waals surface area contributed by atoms with E-state index in [9.17, 15) is 0 Å². The van der Waals surface area contributed by atoms with Crippen LogP contribution in [0, 0.1) is 5.41 Å². The zero-order valence-electron chi connectivity index (χ0n) is 9.10. The fourth-order valence-electron chi connectivity index (χ4n) is 3.20. The second-order valence-corrected chi connectivity index (χ2v) is 5.59. The van der Waals surface area contributed by atoms with Gasteiger partial charge in [0, 0.05) is 12.6 Å². The van der Waals surface area contributed by atoms with Crippen molar-refractivity contribution in [3.05, 3.63) is 0 Å². The molecule has 3 aliphatic rings. The number of nitrogens with one attached hydrogen (secondary N) is 1. The van der Waals surface area contributed by atoms with Crippen molar-refractivity contribution >= 4 is 0 Å². The maximum atomic E-state index is 3.50. The van der Waals surface area contributed by atoms with Crippen molar-refractivity contribution in [2.24, 2.45) is 5.41 Å². The Morgan fingerprint density at radius 1 is 1.14 bits per heavy atom. The Balaban J connectivity index is 1.45. The molecular weight excluding hydrogens is 172 g/mol. The molecule has 3 rings (SSSR count). The Kier molecular flexibility index (Phi) is 2.29. The molecule has 1 unspecified atom stereocenters. The summed E-state index contributed by atoms with van der Waals surface area (Å²) in [4.78, 5) is 2.68. The molecule has 1 spiro atoms. The highest BCUT2D eigenvalue weighted by Gasteiger charge is 2.39. The van der Waals surface area contributed by atoms with Crippen molar-refractivity contribution in [2.75, 3.05) is 26.2 Å². The van der Waals surface area contributed by atoms with Gasteiger partial charge in [0.2, 0.25) is 0 Å². The number of rotatable bonds is 2. The molecule has 0 radical (unpaired) electrons. The summed E-state index contributed by atoms with van der Waals surface area (Å²) in [6.07, 6.45) is 8.94. The van der Waals surface area contributed by atoms with Crippen LogP contribution in [0.15, 0.2) is 0 Å². The molecule has 0 bridgehead atoms. The second-order valence-electron chi connectivity index (χ2n) is 5.59. The number of nitrogens with zero attached hydrogens (tertiary/aromatic N) is 1. The molecule has 80 valence electrons. The monoisotopic (exact) mass is 194 g/mol. The number of hydrogen-bond donors (Lipinski definition) is 1. The largest absolute Gasteiger partial charge is 0.313 e. The normalized spacial score (nSPS) is 36.4. The molecule has 1 atom stereocenters. The van der Waals surface area contributed by atoms with E-state index in [0.717, 1.165) is 11.5 Å². The van der Waals surface area contributed by atoms with Crippen LogP contribution in [0.25, 0.3) is 0 Å². The average molecular weight is 194 g/mol. The van der Waals surface area contributed by atoms with E-state index in [1.54, 1.807) is 0 Å². The lowest BCUT2D eigenvalue weighted by Gasteiger charge is -2.49. The van der Waals surface area contributed by atoms with Crippen molar-refractivity contribution in [2.45, 2.75) is 44.6 Å². The van der Waals surface area contributed by atoms with Crippen molar-refractivity contribution in [1.82, 2.24) is 10.2 Å². The van der Waals surface area contributed by atoms with E-state index in [2.05, 4.69) is 10.2 Å². The van der Waals surface area contributed by atoms with Gasteiger partial charge >= 0.3 is 0 Å². The predicted molar refractivity (Wildman–Crippen MR) is 58.4 cm³/mol. The van der Waals surface area contributed by atoms with E-state index >= 15 is 0 Å². The summed E-state index contributed by atoms with van der Waals surface area (Å²) >= 11 is 0. The summed E-state index contributed by atoms with van der Waals surface area (Å²) in [5.74, 6) is 0. The van der Waals surface area contributed by atoms with Gasteiger partial charge in [0.1, 0.15) is 0 Å². The third-order valence-corrected chi connectivity index (χ3v) is 4.74. The van der Waals surface area contributed by atoms with E-state index in [4.69, 9.17) is 0 Å². The first-order valence-corrected chi connectivity index (χ1v) is 6.32. The minimum Gasteiger partial charge on any atom is -0.313 e. The molecule has 2 nitrogen and oxygen atoms in total. The molecule has 1 aliphatic carbocycles. The molecular formula is C12H22N2. The molecule has 0 aromatic heterocycles. The van der Waals surface area contributed by atoms with Gasteiger partial charge in [-0.2, -0.15) is 0 Å². The molecule has 2 heterocycles. The van der Waals surface area contributed by atoms with E-state index in [-0.39, 0.29) is 0 Å². The van der Waals surface area contributed by atoms with Gasteiger partial charge in [-0.25, -0.2) is 0 Å². The lowest BCUT2D eigenvalue weighted by molar-refractivity contribution is 0.0270. The van der Waals surface area contributed by atoms with Gasteiger partial charge < -0.3 is 10.2 Å². The summed E-state index contributed by atoms with van der Waals surface area (Å²) in [5, 5.41) is 3.50. The minimum absolute atomic E-state index is 0.823. The highest BCUT2D eigenvalue weighted by Crippen LogP contribution is 2.48. The summed E-state index contributed by atoms with van der Waals surface area (Å²) in [5.41, 5.74) is 0.823. The van der Waals surface area contributed by atoms with Crippen LogP contribution in [0.4, 0.5) is 0 Å². The van der Waals surface area contributed by atoms with Crippen LogP contribution in [0.2, 0.25) is 0 Å². The summed E-state index contributed by atoms with van der Waals surface area (Å²) in [6.45, 7) is 5.31. The first kappa shape index (κ1) is 9.17. The van der Waals surface area contributed by atoms with Crippen LogP contribution in [-0.2, 0) is 0 Å². The van der Waals surface area contributed by atoms with E-state index < -0.39 is 0 Å². The molecule has 1 saturated carbocycles. The van der Waals surface area contributed by atoms with Crippen molar-refractivity contribution < 1.29 is 0 Å². The lowest BCUT2D eigenvalue weighted by Crippen LogP contribution is -2.53. The Bertz CT molecular complexity index is 196. The standard InChI is InChI=1S/C12H22N2/c1-3-12(4-1)5-8-14(9-6-12)10-11-2-7-13-11/h11,13H,1-10H2. The summed E-state index contributed by atoms with van der Waals surface area (Å²) < 4.78 is 0. The highest BCUT2D eigenvalue weighted by molar-refractivity contribution is 4.93. The van der Waals surface area contributed by atoms with Crippen LogP contribution < -0.4 is 5.32 Å². The van der Waals surface area contributed by atoms with Gasteiger partial charge in [0.05, 0.1) is 0 Å². The molecule has 2 aliphatic heterocycles. The van der Waals surface area contributed by atoms with E-state index in [1.165, 1.54) is 64.7 Å². The van der Waals surface area contributed by atoms with E-state index in [1.807, 2.05) is 0 Å². The molecule has 2 heteroatoms. The Morgan fingerprint density at radius 2 is 1.86 bits per heavy atom. The molecule has 0 aromatic rings. The van der Waals surface area contributed by atoms with Crippen LogP contribution in [-0.4, -0.2) is 37.1 Å². The first-order valence-electron chi connectivity index (χ1n) is 6.32. The van der Waals surface area contributed by atoms with Gasteiger partial charge in [-0.05, 0) is 57.2 Å². The topological polar surface area (TPSA) is 15.3 Å². The second kappa shape index (κ2) is 3.49. The van der Waals surface area contributed by atoms with Crippen LogP contribution in [0.1, 0.15) is 38.5 Å². The average Bonchev–Trinajstić information content (AvgIpc) is 2.10. The van der Waals surface area contributed by atoms with Crippen LogP contribution >= 0.6 is 0 Å². The van der Waals surface area contributed by atoms with Crippen LogP contribution in [0.3, 0.4) is 0 Å². The van der Waals surface area contributed by atoms with Crippen LogP contribution in [0.5, 0.6) is 0 Å². The molecule has 0 aromatic carbocycles. The Labute approximate surface area is 87.0 Å². The zero-order valence-corrected chi connectivity index (χ0v) is 9.10. The van der Waals surface area contributed by atoms with Crippen molar-refractivity contribution in [3.8, 4) is 0 Å². The minimum atomic E-state index is 0.823. The van der Waals surface area contributed by atoms with Gasteiger partial charge in [0.25, 0.3) is 0 Å². The van der Waals surface area contributed by atoms with Crippen molar-refractivity contribution in [3.63, 3.8) is 0 Å². The maximum Gasteiger partial charge on any atom is 0.0207 e. The smallest absolute Gasteiger partial charge is 0.0207 e. The zero-order chi connectivity index (χ0) is 9.43. The van der Waals surface area contributed by atoms with Gasteiger partial charge in [-0.1, -0.05) is 6.42 Å². The van der Waals surface area contributed by atoms with E-state index in [0.29, 0.717) is 0 Å². The Morgan fingerprint density at radius 3 is 2.29 bits per heavy atom. The lowest BCUT2D eigenvalue weighted by atomic mass is 9.63. The van der Waals surface area contributed by atoms with Gasteiger partial charge in [-0.15, -0.1) is 0 Å². The third kappa shape index (κ3) is 1.59. The third-order valence-electron chi connectivity index (χ3n) is 4.74. The van der Waals surface area contributed by atoms with Gasteiger partial charge in [-0.3, -0.25) is 0 Å². The fraction of sp³-hybridized carbons (Fsp3) is 1.00. The molecule has 3 fully saturated rings. The SMILES string of the molecule is C1CC2(C1)CCN(CC1CCN1)CC2. The van der Waals surface area contributed by atoms with Crippen molar-refractivity contribution in [1.29, 1.82) is 0 Å². The molecule has 14 heavy (non-hydrogen) atoms. The first-order chi connectivity index (χ1) is 6.86. The fourth-order valence-corrected chi connectivity index (χ4v) is 3.20. The summed E-state index contributed by atoms with van der Waals surface area (Å²) in [7, 11) is 0. The summed E-state index contributed by atoms with van der Waals surface area (Å²) in [6, 6.07) is 0.824. The number of piperidine rings is 1. The number of likely N-dealkylation sites (tertiary alicyclic amines) is 1. The number of hydrogen-bond acceptors (Lipinski definition) is 2. The Hall–Kier alpha value is -0.0800. The molecule has 2 saturated heterocycles. The maximum absolute atomic E-state index is 3.50. The highest BCUT2D eigenvalue weighted by atomic mass is 15.2. The molecule has 1 N–H and O–H groups in total. The van der Waals surface area contributed by atoms with Gasteiger partial charge in [0.15, 0.2) is 0 Å². The predicted octanol–water partition coefficient (Wildman–Crippen LogP) is 1.61. The quantitative estimate of drug-likeness (QED) is 0.718. The molecule has 0 amide bonds.